The van der Waals surface area contributed by atoms with Crippen molar-refractivity contribution in [1.29, 1.82) is 0 Å². The summed E-state index contributed by atoms with van der Waals surface area (Å²) in [6.07, 6.45) is 1.66. The average molecular weight is 321 g/mol. The molecule has 0 aliphatic rings. The van der Waals surface area contributed by atoms with Crippen LogP contribution in [0.25, 0.3) is 10.9 Å². The van der Waals surface area contributed by atoms with Gasteiger partial charge in [-0.25, -0.2) is 4.98 Å². The van der Waals surface area contributed by atoms with E-state index >= 15 is 0 Å². The van der Waals surface area contributed by atoms with Crippen LogP contribution in [0, 0.1) is 13.8 Å². The number of carbonyl (C=O) groups excluding carboxylic acids is 1. The van der Waals surface area contributed by atoms with Gasteiger partial charge in [-0.1, -0.05) is 18.2 Å². The van der Waals surface area contributed by atoms with Crippen molar-refractivity contribution in [3.05, 3.63) is 65.0 Å². The van der Waals surface area contributed by atoms with Crippen molar-refractivity contribution in [3.63, 3.8) is 0 Å². The number of methoxy groups -OCH3 is 1. The lowest BCUT2D eigenvalue weighted by atomic mass is 10.1. The van der Waals surface area contributed by atoms with Gasteiger partial charge in [0, 0.05) is 23.7 Å². The Labute approximate surface area is 140 Å². The third-order valence-electron chi connectivity index (χ3n) is 3.89. The summed E-state index contributed by atoms with van der Waals surface area (Å²) in [6, 6.07) is 11.6. The lowest BCUT2D eigenvalue weighted by Crippen LogP contribution is -2.24. The van der Waals surface area contributed by atoms with Crippen molar-refractivity contribution >= 4 is 16.8 Å². The van der Waals surface area contributed by atoms with Crippen molar-refractivity contribution < 1.29 is 9.53 Å². The first-order valence-electron chi connectivity index (χ1n) is 7.72. The number of hydrogen-bond donors (Lipinski definition) is 1. The molecule has 0 bridgehead atoms. The van der Waals surface area contributed by atoms with Crippen molar-refractivity contribution in [2.45, 2.75) is 20.4 Å². The highest BCUT2D eigenvalue weighted by molar-refractivity contribution is 5.98. The van der Waals surface area contributed by atoms with E-state index in [-0.39, 0.29) is 5.91 Å². The second kappa shape index (κ2) is 6.66. The van der Waals surface area contributed by atoms with Crippen LogP contribution >= 0.6 is 0 Å². The number of hydrogen-bond acceptors (Lipinski definition) is 4. The van der Waals surface area contributed by atoms with Crippen LogP contribution in [0.15, 0.2) is 42.6 Å². The molecule has 1 aromatic carbocycles. The Hall–Kier alpha value is -2.95. The monoisotopic (exact) mass is 321 g/mol. The number of carbonyl (C=O) groups is 1. The number of aromatic nitrogens is 2. The summed E-state index contributed by atoms with van der Waals surface area (Å²) in [5.41, 5.74) is 4.17. The second-order valence-electron chi connectivity index (χ2n) is 5.67. The van der Waals surface area contributed by atoms with Crippen LogP contribution in [0.3, 0.4) is 0 Å². The third-order valence-corrected chi connectivity index (χ3v) is 3.89. The molecule has 0 saturated heterocycles. The zero-order valence-corrected chi connectivity index (χ0v) is 14.0. The van der Waals surface area contributed by atoms with Gasteiger partial charge in [0.25, 0.3) is 5.91 Å². The summed E-state index contributed by atoms with van der Waals surface area (Å²) in [5.74, 6) is 0.356. The fourth-order valence-electron chi connectivity index (χ4n) is 2.62. The normalized spacial score (nSPS) is 10.6. The zero-order chi connectivity index (χ0) is 17.1. The van der Waals surface area contributed by atoms with Crippen LogP contribution in [0.5, 0.6) is 5.88 Å². The van der Waals surface area contributed by atoms with Crippen LogP contribution in [0.1, 0.15) is 27.2 Å². The van der Waals surface area contributed by atoms with E-state index in [0.717, 1.165) is 22.0 Å². The molecule has 5 nitrogen and oxygen atoms in total. The van der Waals surface area contributed by atoms with Crippen molar-refractivity contribution in [1.82, 2.24) is 15.3 Å². The summed E-state index contributed by atoms with van der Waals surface area (Å²) in [4.78, 5) is 21.2. The lowest BCUT2D eigenvalue weighted by Gasteiger charge is -2.11. The van der Waals surface area contributed by atoms with Gasteiger partial charge < -0.3 is 10.1 Å². The highest BCUT2D eigenvalue weighted by Crippen LogP contribution is 2.18. The van der Waals surface area contributed by atoms with Gasteiger partial charge in [0.1, 0.15) is 0 Å². The van der Waals surface area contributed by atoms with Gasteiger partial charge in [-0.2, -0.15) is 0 Å². The molecule has 0 spiro atoms. The smallest absolute Gasteiger partial charge is 0.253 e. The molecule has 0 radical (unpaired) electrons. The first-order valence-corrected chi connectivity index (χ1v) is 7.72. The van der Waals surface area contributed by atoms with E-state index in [1.807, 2.05) is 50.2 Å². The number of pyridine rings is 2. The summed E-state index contributed by atoms with van der Waals surface area (Å²) < 4.78 is 5.20. The van der Waals surface area contributed by atoms with Gasteiger partial charge in [-0.15, -0.1) is 0 Å². The molecule has 122 valence electrons. The topological polar surface area (TPSA) is 64.1 Å². The largest absolute Gasteiger partial charge is 0.481 e. The maximum absolute atomic E-state index is 12.5. The predicted octanol–water partition coefficient (Wildman–Crippen LogP) is 3.19. The van der Waals surface area contributed by atoms with Crippen LogP contribution < -0.4 is 10.1 Å². The van der Waals surface area contributed by atoms with Crippen LogP contribution in [-0.2, 0) is 6.54 Å². The van der Waals surface area contributed by atoms with Gasteiger partial charge in [0.15, 0.2) is 0 Å². The first-order chi connectivity index (χ1) is 11.6. The minimum atomic E-state index is -0.159. The molecule has 1 amide bonds. The lowest BCUT2D eigenvalue weighted by molar-refractivity contribution is 0.0950. The zero-order valence-electron chi connectivity index (χ0n) is 14.0. The summed E-state index contributed by atoms with van der Waals surface area (Å²) in [7, 11) is 1.56. The molecule has 3 rings (SSSR count). The maximum Gasteiger partial charge on any atom is 0.253 e. The molecule has 0 fully saturated rings. The standard InChI is InChI=1S/C19H19N3O2/c1-12-6-7-14-10-16(13(2)22-17(14)9-12)18(23)21-11-15-5-4-8-20-19(15)24-3/h4-10H,11H2,1-3H3,(H,21,23). The van der Waals surface area contributed by atoms with Crippen LogP contribution in [0.4, 0.5) is 0 Å². The molecule has 0 atom stereocenters. The SMILES string of the molecule is COc1ncccc1CNC(=O)c1cc2ccc(C)cc2nc1C. The Kier molecular flexibility index (Phi) is 4.42. The Bertz CT molecular complexity index is 906. The minimum Gasteiger partial charge on any atom is -0.481 e. The average Bonchev–Trinajstić information content (AvgIpc) is 2.59. The number of nitrogens with one attached hydrogen (secondary N) is 1. The molecule has 0 unspecified atom stereocenters. The molecule has 0 saturated carbocycles. The van der Waals surface area contributed by atoms with E-state index < -0.39 is 0 Å². The fraction of sp³-hybridized carbons (Fsp3) is 0.211. The van der Waals surface area contributed by atoms with Crippen LogP contribution in [0.2, 0.25) is 0 Å². The second-order valence-corrected chi connectivity index (χ2v) is 5.67. The molecule has 5 heteroatoms. The van der Waals surface area contributed by atoms with E-state index in [1.54, 1.807) is 13.3 Å². The van der Waals surface area contributed by atoms with Gasteiger partial charge >= 0.3 is 0 Å². The molecular weight excluding hydrogens is 302 g/mol. The summed E-state index contributed by atoms with van der Waals surface area (Å²) >= 11 is 0. The van der Waals surface area contributed by atoms with Gasteiger partial charge in [-0.05, 0) is 37.6 Å². The number of benzene rings is 1. The molecule has 2 aromatic heterocycles. The minimum absolute atomic E-state index is 0.159. The maximum atomic E-state index is 12.5. The Morgan fingerprint density at radius 2 is 2.04 bits per heavy atom. The summed E-state index contributed by atoms with van der Waals surface area (Å²) in [6.45, 7) is 4.22. The Morgan fingerprint density at radius 1 is 1.21 bits per heavy atom. The van der Waals surface area contributed by atoms with E-state index in [2.05, 4.69) is 15.3 Å². The van der Waals surface area contributed by atoms with Crippen molar-refractivity contribution in [3.8, 4) is 5.88 Å². The number of amides is 1. The molecular formula is C19H19N3O2. The number of aryl methyl sites for hydroxylation is 2. The molecule has 0 aliphatic carbocycles. The molecule has 1 N–H and O–H groups in total. The Balaban J connectivity index is 1.83. The number of nitrogens with zero attached hydrogens (tertiary/aromatic N) is 2. The number of rotatable bonds is 4. The van der Waals surface area contributed by atoms with E-state index in [1.165, 1.54) is 0 Å². The van der Waals surface area contributed by atoms with Gasteiger partial charge in [0.05, 0.1) is 23.9 Å². The molecule has 2 heterocycles. The summed E-state index contributed by atoms with van der Waals surface area (Å²) in [5, 5.41) is 3.86. The van der Waals surface area contributed by atoms with Crippen molar-refractivity contribution in [2.75, 3.05) is 7.11 Å². The van der Waals surface area contributed by atoms with E-state index in [4.69, 9.17) is 4.74 Å². The predicted molar refractivity (Wildman–Crippen MR) is 93.2 cm³/mol. The first kappa shape index (κ1) is 15.9. The van der Waals surface area contributed by atoms with E-state index in [9.17, 15) is 4.79 Å². The highest BCUT2D eigenvalue weighted by Gasteiger charge is 2.13. The number of fused-ring (bicyclic) bond motifs is 1. The third kappa shape index (κ3) is 3.20. The highest BCUT2D eigenvalue weighted by atomic mass is 16.5. The number of ether oxygens (including phenoxy) is 1. The fourth-order valence-corrected chi connectivity index (χ4v) is 2.62. The van der Waals surface area contributed by atoms with E-state index in [0.29, 0.717) is 23.7 Å². The van der Waals surface area contributed by atoms with Crippen LogP contribution in [-0.4, -0.2) is 23.0 Å². The van der Waals surface area contributed by atoms with Gasteiger partial charge in [-0.3, -0.25) is 9.78 Å². The molecule has 24 heavy (non-hydrogen) atoms. The Morgan fingerprint density at radius 3 is 2.83 bits per heavy atom. The molecule has 0 aliphatic heterocycles. The quantitative estimate of drug-likeness (QED) is 0.801. The van der Waals surface area contributed by atoms with Crippen molar-refractivity contribution in [2.24, 2.45) is 0 Å². The molecule has 3 aromatic rings. The van der Waals surface area contributed by atoms with Gasteiger partial charge in [0.2, 0.25) is 5.88 Å².